The fraction of sp³-hybridized carbons (Fsp3) is 0.176. The maximum atomic E-state index is 5.90. The van der Waals surface area contributed by atoms with E-state index in [4.69, 9.17) is 11.6 Å². The molecule has 2 heterocycles. The van der Waals surface area contributed by atoms with Gasteiger partial charge in [0.2, 0.25) is 5.82 Å². The zero-order chi connectivity index (χ0) is 17.1. The average Bonchev–Trinajstić information content (AvgIpc) is 3.26. The fourth-order valence-electron chi connectivity index (χ4n) is 2.33. The lowest BCUT2D eigenvalue weighted by atomic mass is 10.2. The van der Waals surface area contributed by atoms with Gasteiger partial charge in [0.15, 0.2) is 4.34 Å². The molecule has 0 saturated carbocycles. The molecule has 2 aromatic heterocycles. The lowest BCUT2D eigenvalue weighted by molar-refractivity contribution is 0.517. The summed E-state index contributed by atoms with van der Waals surface area (Å²) in [6.07, 6.45) is 0.955. The van der Waals surface area contributed by atoms with E-state index in [-0.39, 0.29) is 0 Å². The Kier molecular flexibility index (Phi) is 4.96. The summed E-state index contributed by atoms with van der Waals surface area (Å²) in [5.74, 6) is 1.59. The molecule has 0 radical (unpaired) electrons. The first-order chi connectivity index (χ1) is 12.3. The maximum absolute atomic E-state index is 5.90. The Balaban J connectivity index is 1.31. The van der Waals surface area contributed by atoms with Crippen LogP contribution >= 0.6 is 34.7 Å². The topological polar surface area (TPSA) is 56.5 Å². The number of hydrogen-bond acceptors (Lipinski definition) is 6. The number of rotatable bonds is 6. The van der Waals surface area contributed by atoms with Gasteiger partial charge in [0.25, 0.3) is 0 Å². The van der Waals surface area contributed by atoms with E-state index in [0.717, 1.165) is 34.1 Å². The van der Waals surface area contributed by atoms with Crippen LogP contribution in [0.5, 0.6) is 0 Å². The maximum Gasteiger partial charge on any atom is 0.204 e. The van der Waals surface area contributed by atoms with Gasteiger partial charge in [0.05, 0.1) is 16.8 Å². The Hall–Kier alpha value is -1.96. The minimum atomic E-state index is 0.621. The number of halogens is 1. The van der Waals surface area contributed by atoms with E-state index in [2.05, 4.69) is 26.5 Å². The number of para-hydroxylation sites is 1. The second-order valence-corrected chi connectivity index (χ2v) is 8.17. The molecule has 0 amide bonds. The number of thioether (sulfide) groups is 1. The van der Waals surface area contributed by atoms with Crippen LogP contribution in [0.15, 0.2) is 52.9 Å². The van der Waals surface area contributed by atoms with E-state index < -0.39 is 0 Å². The van der Waals surface area contributed by atoms with E-state index in [1.54, 1.807) is 27.9 Å². The molecule has 0 aliphatic heterocycles. The third kappa shape index (κ3) is 4.00. The number of hydrogen-bond donors (Lipinski definition) is 0. The van der Waals surface area contributed by atoms with Gasteiger partial charge in [-0.3, -0.25) is 0 Å². The highest BCUT2D eigenvalue weighted by molar-refractivity contribution is 8.01. The lowest BCUT2D eigenvalue weighted by Crippen LogP contribution is -2.03. The Labute approximate surface area is 158 Å². The predicted octanol–water partition coefficient (Wildman–Crippen LogP) is 4.79. The molecule has 0 N–H and O–H groups in total. The third-order valence-corrected chi connectivity index (χ3v) is 6.08. The second kappa shape index (κ2) is 7.51. The highest BCUT2D eigenvalue weighted by Gasteiger charge is 2.07. The molecule has 0 saturated heterocycles. The molecular weight excluding hydrogens is 374 g/mol. The predicted molar refractivity (Wildman–Crippen MR) is 103 cm³/mol. The summed E-state index contributed by atoms with van der Waals surface area (Å²) in [7, 11) is 0. The Morgan fingerprint density at radius 1 is 1.08 bits per heavy atom. The van der Waals surface area contributed by atoms with Crippen molar-refractivity contribution in [2.45, 2.75) is 17.3 Å². The van der Waals surface area contributed by atoms with Gasteiger partial charge in [0, 0.05) is 16.3 Å². The summed E-state index contributed by atoms with van der Waals surface area (Å²) in [5, 5.41) is 13.3. The van der Waals surface area contributed by atoms with Crippen LogP contribution in [0.2, 0.25) is 5.02 Å². The van der Waals surface area contributed by atoms with Crippen LogP contribution in [0.1, 0.15) is 6.42 Å². The van der Waals surface area contributed by atoms with E-state index in [9.17, 15) is 0 Å². The number of aryl methyl sites for hydroxylation is 1. The van der Waals surface area contributed by atoms with Crippen molar-refractivity contribution in [1.29, 1.82) is 0 Å². The van der Waals surface area contributed by atoms with Crippen LogP contribution in [-0.2, 0) is 6.54 Å². The first-order valence-electron chi connectivity index (χ1n) is 7.80. The van der Waals surface area contributed by atoms with Crippen LogP contribution in [0, 0.1) is 0 Å². The quantitative estimate of drug-likeness (QED) is 0.352. The van der Waals surface area contributed by atoms with E-state index in [0.29, 0.717) is 10.8 Å². The molecule has 5 nitrogen and oxygen atoms in total. The summed E-state index contributed by atoms with van der Waals surface area (Å²) in [5.41, 5.74) is 1.99. The summed E-state index contributed by atoms with van der Waals surface area (Å²) in [6, 6.07) is 15.7. The smallest absolute Gasteiger partial charge is 0.204 e. The molecule has 0 fully saturated rings. The molecule has 25 heavy (non-hydrogen) atoms. The molecule has 0 bridgehead atoms. The van der Waals surface area contributed by atoms with Crippen molar-refractivity contribution in [2.24, 2.45) is 0 Å². The monoisotopic (exact) mass is 387 g/mol. The van der Waals surface area contributed by atoms with Gasteiger partial charge in [-0.2, -0.15) is 4.80 Å². The Bertz CT molecular complexity index is 947. The minimum Gasteiger partial charge on any atom is -0.230 e. The van der Waals surface area contributed by atoms with Gasteiger partial charge >= 0.3 is 0 Å². The fourth-order valence-corrected chi connectivity index (χ4v) is 4.52. The Morgan fingerprint density at radius 2 is 1.92 bits per heavy atom. The molecule has 4 aromatic rings. The molecule has 8 heteroatoms. The molecule has 0 spiro atoms. The zero-order valence-electron chi connectivity index (χ0n) is 13.2. The minimum absolute atomic E-state index is 0.621. The van der Waals surface area contributed by atoms with Crippen molar-refractivity contribution in [3.8, 4) is 11.4 Å². The van der Waals surface area contributed by atoms with Crippen LogP contribution < -0.4 is 0 Å². The second-order valence-electron chi connectivity index (χ2n) is 5.37. The summed E-state index contributed by atoms with van der Waals surface area (Å²) in [4.78, 5) is 6.27. The van der Waals surface area contributed by atoms with Gasteiger partial charge in [-0.05, 0) is 48.0 Å². The first-order valence-corrected chi connectivity index (χ1v) is 9.98. The van der Waals surface area contributed by atoms with Crippen molar-refractivity contribution in [1.82, 2.24) is 25.2 Å². The van der Waals surface area contributed by atoms with Crippen LogP contribution in [-0.4, -0.2) is 30.9 Å². The number of benzene rings is 2. The highest BCUT2D eigenvalue weighted by Crippen LogP contribution is 2.29. The van der Waals surface area contributed by atoms with Gasteiger partial charge in [-0.1, -0.05) is 35.5 Å². The molecule has 4 rings (SSSR count). The molecule has 0 aliphatic rings. The molecular formula is C17H14ClN5S2. The largest absolute Gasteiger partial charge is 0.230 e. The average molecular weight is 388 g/mol. The van der Waals surface area contributed by atoms with E-state index >= 15 is 0 Å². The van der Waals surface area contributed by atoms with Crippen molar-refractivity contribution >= 4 is 44.9 Å². The molecule has 2 aromatic carbocycles. The van der Waals surface area contributed by atoms with Gasteiger partial charge in [0.1, 0.15) is 0 Å². The van der Waals surface area contributed by atoms with Crippen LogP contribution in [0.4, 0.5) is 0 Å². The summed E-state index contributed by atoms with van der Waals surface area (Å²) in [6.45, 7) is 0.735. The Morgan fingerprint density at radius 3 is 2.76 bits per heavy atom. The number of tetrazole rings is 1. The number of nitrogens with zero attached hydrogens (tertiary/aromatic N) is 5. The van der Waals surface area contributed by atoms with Crippen molar-refractivity contribution in [3.63, 3.8) is 0 Å². The number of aromatic nitrogens is 5. The van der Waals surface area contributed by atoms with Crippen LogP contribution in [0.25, 0.3) is 21.6 Å². The molecule has 0 aliphatic carbocycles. The van der Waals surface area contributed by atoms with Gasteiger partial charge < -0.3 is 0 Å². The molecule has 0 atom stereocenters. The summed E-state index contributed by atoms with van der Waals surface area (Å²) >= 11 is 9.41. The SMILES string of the molecule is Clc1ccc(-c2nnn(CCCSc3nc4ccccc4s3)n2)cc1. The highest BCUT2D eigenvalue weighted by atomic mass is 35.5. The van der Waals surface area contributed by atoms with E-state index in [1.807, 2.05) is 42.5 Å². The lowest BCUT2D eigenvalue weighted by Gasteiger charge is -1.98. The van der Waals surface area contributed by atoms with Gasteiger partial charge in [-0.25, -0.2) is 4.98 Å². The zero-order valence-corrected chi connectivity index (χ0v) is 15.6. The van der Waals surface area contributed by atoms with E-state index in [1.165, 1.54) is 4.70 Å². The number of fused-ring (bicyclic) bond motifs is 1. The van der Waals surface area contributed by atoms with Gasteiger partial charge in [-0.15, -0.1) is 21.5 Å². The van der Waals surface area contributed by atoms with Crippen molar-refractivity contribution in [3.05, 3.63) is 53.6 Å². The summed E-state index contributed by atoms with van der Waals surface area (Å²) < 4.78 is 2.34. The molecule has 0 unspecified atom stereocenters. The first kappa shape index (κ1) is 16.5. The molecule has 126 valence electrons. The standard InChI is InChI=1S/C17H14ClN5S2/c18-13-8-6-12(7-9-13)16-20-22-23(21-16)10-3-11-24-17-19-14-4-1-2-5-15(14)25-17/h1-2,4-9H,3,10-11H2. The van der Waals surface area contributed by atoms with Crippen LogP contribution in [0.3, 0.4) is 0 Å². The third-order valence-electron chi connectivity index (χ3n) is 3.56. The normalized spacial score (nSPS) is 11.2. The van der Waals surface area contributed by atoms with Crippen molar-refractivity contribution in [2.75, 3.05) is 5.75 Å². The number of thiazole rings is 1. The van der Waals surface area contributed by atoms with Crippen molar-refractivity contribution < 1.29 is 0 Å².